The third-order valence-corrected chi connectivity index (χ3v) is 3.20. The lowest BCUT2D eigenvalue weighted by atomic mass is 9.96. The van der Waals surface area contributed by atoms with Crippen molar-refractivity contribution >= 4 is 0 Å². The Kier molecular flexibility index (Phi) is 3.63. The van der Waals surface area contributed by atoms with Crippen LogP contribution in [0.25, 0.3) is 11.4 Å². The van der Waals surface area contributed by atoms with Gasteiger partial charge in [0.2, 0.25) is 0 Å². The number of pyridine rings is 2. The molecule has 20 heavy (non-hydrogen) atoms. The van der Waals surface area contributed by atoms with E-state index in [2.05, 4.69) is 9.97 Å². The normalized spacial score (nSPS) is 12.5. The van der Waals surface area contributed by atoms with E-state index in [-0.39, 0.29) is 0 Å². The number of rotatable bonds is 3. The average molecular weight is 272 g/mol. The van der Waals surface area contributed by atoms with Gasteiger partial charge in [-0.3, -0.25) is 9.97 Å². The Morgan fingerprint density at radius 3 is 1.40 bits per heavy atom. The highest BCUT2D eigenvalue weighted by Crippen LogP contribution is 2.26. The zero-order valence-electron chi connectivity index (χ0n) is 12.3. The molecule has 0 aliphatic heterocycles. The van der Waals surface area contributed by atoms with Crippen LogP contribution in [0.15, 0.2) is 36.7 Å². The van der Waals surface area contributed by atoms with Crippen molar-refractivity contribution < 1.29 is 10.2 Å². The number of hydrogen-bond donors (Lipinski definition) is 2. The van der Waals surface area contributed by atoms with Gasteiger partial charge in [0.1, 0.15) is 0 Å². The molecule has 0 saturated carbocycles. The molecule has 0 amide bonds. The van der Waals surface area contributed by atoms with Gasteiger partial charge in [-0.25, -0.2) is 0 Å². The van der Waals surface area contributed by atoms with Crippen LogP contribution in [0.5, 0.6) is 0 Å². The molecular weight excluding hydrogens is 252 g/mol. The highest BCUT2D eigenvalue weighted by molar-refractivity contribution is 5.56. The predicted octanol–water partition coefficient (Wildman–Crippen LogP) is 2.60. The van der Waals surface area contributed by atoms with Crippen LogP contribution in [0.2, 0.25) is 0 Å². The van der Waals surface area contributed by atoms with Crippen molar-refractivity contribution in [2.24, 2.45) is 0 Å². The van der Waals surface area contributed by atoms with Gasteiger partial charge in [0, 0.05) is 12.4 Å². The molecule has 0 saturated heterocycles. The lowest BCUT2D eigenvalue weighted by Crippen LogP contribution is -2.16. The van der Waals surface area contributed by atoms with Crippen molar-refractivity contribution in [3.05, 3.63) is 47.8 Å². The molecule has 0 unspecified atom stereocenters. The average Bonchev–Trinajstić information content (AvgIpc) is 2.37. The van der Waals surface area contributed by atoms with Gasteiger partial charge in [-0.05, 0) is 63.1 Å². The quantitative estimate of drug-likeness (QED) is 0.901. The van der Waals surface area contributed by atoms with Crippen LogP contribution in [0.4, 0.5) is 0 Å². The number of hydrogen-bond acceptors (Lipinski definition) is 4. The summed E-state index contributed by atoms with van der Waals surface area (Å²) in [6.07, 6.45) is 3.31. The molecule has 4 nitrogen and oxygen atoms in total. The number of nitrogens with zero attached hydrogens (tertiary/aromatic N) is 2. The molecule has 0 radical (unpaired) electrons. The molecular formula is C16H20N2O2. The van der Waals surface area contributed by atoms with Gasteiger partial charge in [-0.15, -0.1) is 0 Å². The zero-order valence-corrected chi connectivity index (χ0v) is 12.3. The fourth-order valence-electron chi connectivity index (χ4n) is 1.90. The summed E-state index contributed by atoms with van der Waals surface area (Å²) in [7, 11) is 0. The largest absolute Gasteiger partial charge is 0.386 e. The summed E-state index contributed by atoms with van der Waals surface area (Å²) >= 11 is 0. The van der Waals surface area contributed by atoms with Crippen LogP contribution in [-0.2, 0) is 11.2 Å². The molecule has 0 fully saturated rings. The monoisotopic (exact) mass is 272 g/mol. The molecule has 0 aliphatic carbocycles. The lowest BCUT2D eigenvalue weighted by molar-refractivity contribution is 0.0778. The molecule has 0 spiro atoms. The fraction of sp³-hybridized carbons (Fsp3) is 0.375. The third-order valence-electron chi connectivity index (χ3n) is 3.20. The van der Waals surface area contributed by atoms with E-state index in [1.165, 1.54) is 0 Å². The summed E-state index contributed by atoms with van der Waals surface area (Å²) in [6, 6.07) is 7.19. The van der Waals surface area contributed by atoms with Gasteiger partial charge in [-0.2, -0.15) is 0 Å². The van der Waals surface area contributed by atoms with Crippen LogP contribution in [0.1, 0.15) is 38.8 Å². The fourth-order valence-corrected chi connectivity index (χ4v) is 1.90. The molecule has 0 aromatic carbocycles. The molecule has 4 heteroatoms. The van der Waals surface area contributed by atoms with Crippen molar-refractivity contribution in [3.8, 4) is 11.4 Å². The molecule has 0 bridgehead atoms. The third kappa shape index (κ3) is 3.21. The Labute approximate surface area is 119 Å². The standard InChI is InChI=1S/C16H20N2O2/c1-15(2,19)11-5-7-17-13(9-11)14-10-12(6-8-18-14)16(3,4)20/h5-10,19-20H,1-4H3. The maximum atomic E-state index is 10.1. The highest BCUT2D eigenvalue weighted by Gasteiger charge is 2.19. The first-order valence-corrected chi connectivity index (χ1v) is 6.56. The van der Waals surface area contributed by atoms with Crippen molar-refractivity contribution in [3.63, 3.8) is 0 Å². The maximum Gasteiger partial charge on any atom is 0.0890 e. The van der Waals surface area contributed by atoms with E-state index in [1.54, 1.807) is 52.2 Å². The van der Waals surface area contributed by atoms with Gasteiger partial charge in [0.25, 0.3) is 0 Å². The molecule has 2 N–H and O–H groups in total. The second kappa shape index (κ2) is 4.96. The maximum absolute atomic E-state index is 10.1. The van der Waals surface area contributed by atoms with E-state index in [1.807, 2.05) is 12.1 Å². The first-order valence-electron chi connectivity index (χ1n) is 6.56. The van der Waals surface area contributed by atoms with E-state index < -0.39 is 11.2 Å². The first-order chi connectivity index (χ1) is 9.18. The summed E-state index contributed by atoms with van der Waals surface area (Å²) in [4.78, 5) is 8.58. The van der Waals surface area contributed by atoms with Crippen LogP contribution in [0.3, 0.4) is 0 Å². The minimum absolute atomic E-state index is 0.677. The van der Waals surface area contributed by atoms with E-state index >= 15 is 0 Å². The summed E-state index contributed by atoms with van der Waals surface area (Å²) < 4.78 is 0. The topological polar surface area (TPSA) is 66.2 Å². The van der Waals surface area contributed by atoms with Crippen molar-refractivity contribution in [1.29, 1.82) is 0 Å². The Hall–Kier alpha value is -1.78. The van der Waals surface area contributed by atoms with Crippen molar-refractivity contribution in [2.75, 3.05) is 0 Å². The predicted molar refractivity (Wildman–Crippen MR) is 78.0 cm³/mol. The van der Waals surface area contributed by atoms with Crippen LogP contribution >= 0.6 is 0 Å². The van der Waals surface area contributed by atoms with E-state index in [0.29, 0.717) is 11.4 Å². The van der Waals surface area contributed by atoms with Crippen LogP contribution in [-0.4, -0.2) is 20.2 Å². The molecule has 2 rings (SSSR count). The van der Waals surface area contributed by atoms with Crippen LogP contribution in [0, 0.1) is 0 Å². The van der Waals surface area contributed by atoms with Gasteiger partial charge >= 0.3 is 0 Å². The van der Waals surface area contributed by atoms with Crippen molar-refractivity contribution in [1.82, 2.24) is 9.97 Å². The minimum atomic E-state index is -0.925. The second-order valence-electron chi connectivity index (χ2n) is 5.98. The Morgan fingerprint density at radius 1 is 0.750 bits per heavy atom. The van der Waals surface area contributed by atoms with E-state index in [0.717, 1.165) is 11.1 Å². The molecule has 0 aliphatic rings. The molecule has 0 atom stereocenters. The number of aliphatic hydroxyl groups is 2. The van der Waals surface area contributed by atoms with E-state index in [4.69, 9.17) is 0 Å². The summed E-state index contributed by atoms with van der Waals surface area (Å²) in [6.45, 7) is 6.92. The smallest absolute Gasteiger partial charge is 0.0890 e. The van der Waals surface area contributed by atoms with Gasteiger partial charge in [0.05, 0.1) is 22.6 Å². The lowest BCUT2D eigenvalue weighted by Gasteiger charge is -2.19. The Morgan fingerprint density at radius 2 is 1.10 bits per heavy atom. The van der Waals surface area contributed by atoms with Gasteiger partial charge in [0.15, 0.2) is 0 Å². The van der Waals surface area contributed by atoms with Crippen LogP contribution < -0.4 is 0 Å². The van der Waals surface area contributed by atoms with Crippen molar-refractivity contribution in [2.45, 2.75) is 38.9 Å². The highest BCUT2D eigenvalue weighted by atomic mass is 16.3. The SMILES string of the molecule is CC(C)(O)c1ccnc(-c2cc(C(C)(C)O)ccn2)c1. The molecule has 2 heterocycles. The Bertz CT molecular complexity index is 555. The minimum Gasteiger partial charge on any atom is -0.386 e. The molecule has 2 aromatic rings. The first kappa shape index (κ1) is 14.6. The van der Waals surface area contributed by atoms with E-state index in [9.17, 15) is 10.2 Å². The van der Waals surface area contributed by atoms with Gasteiger partial charge < -0.3 is 10.2 Å². The summed E-state index contributed by atoms with van der Waals surface area (Å²) in [5.41, 5.74) is 1.05. The number of aromatic nitrogens is 2. The zero-order chi connectivity index (χ0) is 15.0. The Balaban J connectivity index is 2.47. The second-order valence-corrected chi connectivity index (χ2v) is 5.98. The molecule has 2 aromatic heterocycles. The summed E-state index contributed by atoms with van der Waals surface area (Å²) in [5.74, 6) is 0. The molecule has 106 valence electrons. The summed E-state index contributed by atoms with van der Waals surface area (Å²) in [5, 5.41) is 20.1. The van der Waals surface area contributed by atoms with Gasteiger partial charge in [-0.1, -0.05) is 0 Å².